The van der Waals surface area contributed by atoms with Crippen molar-refractivity contribution in [2.24, 2.45) is 10.9 Å². The Morgan fingerprint density at radius 1 is 1.21 bits per heavy atom. The molecule has 0 atom stereocenters. The van der Waals surface area contributed by atoms with Crippen molar-refractivity contribution in [3.63, 3.8) is 0 Å². The summed E-state index contributed by atoms with van der Waals surface area (Å²) < 4.78 is 11.3. The number of nitrogens with zero attached hydrogens (tertiary/aromatic N) is 1. The fraction of sp³-hybridized carbons (Fsp3) is 0.632. The predicted octanol–water partition coefficient (Wildman–Crippen LogP) is 2.96. The first kappa shape index (κ1) is 18.6. The van der Waals surface area contributed by atoms with E-state index >= 15 is 0 Å². The van der Waals surface area contributed by atoms with Crippen LogP contribution < -0.4 is 15.4 Å². The van der Waals surface area contributed by atoms with E-state index in [1.165, 1.54) is 12.8 Å². The largest absolute Gasteiger partial charge is 0.494 e. The Labute approximate surface area is 145 Å². The minimum Gasteiger partial charge on any atom is -0.494 e. The zero-order chi connectivity index (χ0) is 17.0. The molecule has 1 aromatic rings. The molecule has 0 spiro atoms. The summed E-state index contributed by atoms with van der Waals surface area (Å²) in [6, 6.07) is 8.06. The lowest BCUT2D eigenvalue weighted by Gasteiger charge is -2.12. The molecule has 0 saturated heterocycles. The average molecular weight is 333 g/mol. The Morgan fingerprint density at radius 2 is 2.04 bits per heavy atom. The Balaban J connectivity index is 1.74. The molecule has 0 aliphatic heterocycles. The summed E-state index contributed by atoms with van der Waals surface area (Å²) in [7, 11) is 0. The van der Waals surface area contributed by atoms with Gasteiger partial charge in [-0.25, -0.2) is 4.99 Å². The van der Waals surface area contributed by atoms with Gasteiger partial charge in [0.2, 0.25) is 0 Å². The SMILES string of the molecule is CCNC(=NCc1ccccc1OCC)NCCCOCC1CC1. The second-order valence-electron chi connectivity index (χ2n) is 6.03. The van der Waals surface area contributed by atoms with Crippen molar-refractivity contribution in [3.8, 4) is 5.75 Å². The van der Waals surface area contributed by atoms with E-state index < -0.39 is 0 Å². The van der Waals surface area contributed by atoms with Gasteiger partial charge in [0.1, 0.15) is 5.75 Å². The predicted molar refractivity (Wildman–Crippen MR) is 98.6 cm³/mol. The number of benzene rings is 1. The van der Waals surface area contributed by atoms with Crippen molar-refractivity contribution < 1.29 is 9.47 Å². The van der Waals surface area contributed by atoms with Crippen LogP contribution in [0.1, 0.15) is 38.7 Å². The van der Waals surface area contributed by atoms with Crippen molar-refractivity contribution in [2.75, 3.05) is 32.9 Å². The molecular weight excluding hydrogens is 302 g/mol. The van der Waals surface area contributed by atoms with E-state index in [9.17, 15) is 0 Å². The molecule has 0 bridgehead atoms. The highest BCUT2D eigenvalue weighted by Crippen LogP contribution is 2.28. The Kier molecular flexibility index (Phi) is 8.46. The van der Waals surface area contributed by atoms with Gasteiger partial charge in [-0.1, -0.05) is 18.2 Å². The molecule has 2 rings (SSSR count). The summed E-state index contributed by atoms with van der Waals surface area (Å²) in [5.41, 5.74) is 1.10. The molecule has 0 radical (unpaired) electrons. The molecule has 134 valence electrons. The zero-order valence-corrected chi connectivity index (χ0v) is 15.0. The molecule has 1 aliphatic rings. The van der Waals surface area contributed by atoms with Gasteiger partial charge in [0.15, 0.2) is 5.96 Å². The van der Waals surface area contributed by atoms with Crippen LogP contribution in [0, 0.1) is 5.92 Å². The third-order valence-corrected chi connectivity index (χ3v) is 3.83. The monoisotopic (exact) mass is 333 g/mol. The van der Waals surface area contributed by atoms with Crippen molar-refractivity contribution >= 4 is 5.96 Å². The quantitative estimate of drug-likeness (QED) is 0.371. The molecule has 0 heterocycles. The Bertz CT molecular complexity index is 501. The summed E-state index contributed by atoms with van der Waals surface area (Å²) in [6.07, 6.45) is 3.68. The highest BCUT2D eigenvalue weighted by atomic mass is 16.5. The molecule has 1 aliphatic carbocycles. The number of para-hydroxylation sites is 1. The molecule has 24 heavy (non-hydrogen) atoms. The van der Waals surface area contributed by atoms with Crippen LogP contribution in [0.15, 0.2) is 29.3 Å². The van der Waals surface area contributed by atoms with Gasteiger partial charge in [-0.05, 0) is 45.1 Å². The third-order valence-electron chi connectivity index (χ3n) is 3.83. The molecule has 2 N–H and O–H groups in total. The van der Waals surface area contributed by atoms with E-state index in [1.54, 1.807) is 0 Å². The average Bonchev–Trinajstić information content (AvgIpc) is 3.41. The van der Waals surface area contributed by atoms with Gasteiger partial charge < -0.3 is 20.1 Å². The van der Waals surface area contributed by atoms with Crippen LogP contribution in [0.2, 0.25) is 0 Å². The molecule has 0 aromatic heterocycles. The summed E-state index contributed by atoms with van der Waals surface area (Å²) in [4.78, 5) is 4.66. The standard InChI is InChI=1S/C19H31N3O2/c1-3-20-19(21-12-7-13-23-15-16-10-11-16)22-14-17-8-5-6-9-18(17)24-4-2/h5-6,8-9,16H,3-4,7,10-15H2,1-2H3,(H2,20,21,22). The number of ether oxygens (including phenoxy) is 2. The first-order valence-corrected chi connectivity index (χ1v) is 9.14. The van der Waals surface area contributed by atoms with Crippen molar-refractivity contribution in [2.45, 2.75) is 39.7 Å². The van der Waals surface area contributed by atoms with Crippen LogP contribution in [0.3, 0.4) is 0 Å². The van der Waals surface area contributed by atoms with Crippen LogP contribution in [-0.4, -0.2) is 38.9 Å². The van der Waals surface area contributed by atoms with Crippen molar-refractivity contribution in [3.05, 3.63) is 29.8 Å². The molecule has 1 fully saturated rings. The maximum atomic E-state index is 5.65. The van der Waals surface area contributed by atoms with Gasteiger partial charge in [-0.2, -0.15) is 0 Å². The fourth-order valence-corrected chi connectivity index (χ4v) is 2.35. The number of aliphatic imine (C=N–C) groups is 1. The smallest absolute Gasteiger partial charge is 0.191 e. The van der Waals surface area contributed by atoms with Crippen LogP contribution in [-0.2, 0) is 11.3 Å². The molecule has 1 aromatic carbocycles. The second-order valence-corrected chi connectivity index (χ2v) is 6.03. The lowest BCUT2D eigenvalue weighted by molar-refractivity contribution is 0.123. The molecular formula is C19H31N3O2. The van der Waals surface area contributed by atoms with Crippen LogP contribution in [0.5, 0.6) is 5.75 Å². The number of hydrogen-bond donors (Lipinski definition) is 2. The topological polar surface area (TPSA) is 54.9 Å². The summed E-state index contributed by atoms with van der Waals surface area (Å²) in [5.74, 6) is 2.58. The van der Waals surface area contributed by atoms with E-state index in [2.05, 4.69) is 28.6 Å². The van der Waals surface area contributed by atoms with Gasteiger partial charge in [0.05, 0.1) is 13.2 Å². The van der Waals surface area contributed by atoms with Crippen LogP contribution in [0.4, 0.5) is 0 Å². The minimum atomic E-state index is 0.601. The number of guanidine groups is 1. The van der Waals surface area contributed by atoms with Crippen molar-refractivity contribution in [1.29, 1.82) is 0 Å². The zero-order valence-electron chi connectivity index (χ0n) is 15.0. The third kappa shape index (κ3) is 7.21. The maximum absolute atomic E-state index is 5.65. The van der Waals surface area contributed by atoms with Gasteiger partial charge in [-0.3, -0.25) is 0 Å². The maximum Gasteiger partial charge on any atom is 0.191 e. The van der Waals surface area contributed by atoms with Crippen LogP contribution >= 0.6 is 0 Å². The van der Waals surface area contributed by atoms with E-state index in [4.69, 9.17) is 9.47 Å². The second kappa shape index (κ2) is 10.9. The Hall–Kier alpha value is -1.75. The van der Waals surface area contributed by atoms with Crippen molar-refractivity contribution in [1.82, 2.24) is 10.6 Å². The lowest BCUT2D eigenvalue weighted by atomic mass is 10.2. The van der Waals surface area contributed by atoms with E-state index in [0.717, 1.165) is 55.9 Å². The first-order valence-electron chi connectivity index (χ1n) is 9.14. The van der Waals surface area contributed by atoms with E-state index in [0.29, 0.717) is 13.2 Å². The lowest BCUT2D eigenvalue weighted by Crippen LogP contribution is -2.38. The molecule has 5 nitrogen and oxygen atoms in total. The number of nitrogens with one attached hydrogen (secondary N) is 2. The Morgan fingerprint density at radius 3 is 2.79 bits per heavy atom. The van der Waals surface area contributed by atoms with Crippen LogP contribution in [0.25, 0.3) is 0 Å². The summed E-state index contributed by atoms with van der Waals surface area (Å²) in [5, 5.41) is 6.64. The first-order chi connectivity index (χ1) is 11.8. The highest BCUT2D eigenvalue weighted by molar-refractivity contribution is 5.79. The minimum absolute atomic E-state index is 0.601. The summed E-state index contributed by atoms with van der Waals surface area (Å²) in [6.45, 7) is 8.80. The summed E-state index contributed by atoms with van der Waals surface area (Å²) >= 11 is 0. The molecule has 1 saturated carbocycles. The fourth-order valence-electron chi connectivity index (χ4n) is 2.35. The highest BCUT2D eigenvalue weighted by Gasteiger charge is 2.20. The van der Waals surface area contributed by atoms with Gasteiger partial charge in [0, 0.05) is 31.9 Å². The molecule has 5 heteroatoms. The van der Waals surface area contributed by atoms with Gasteiger partial charge in [-0.15, -0.1) is 0 Å². The number of rotatable bonds is 11. The van der Waals surface area contributed by atoms with E-state index in [1.807, 2.05) is 25.1 Å². The van der Waals surface area contributed by atoms with Gasteiger partial charge in [0.25, 0.3) is 0 Å². The molecule has 0 unspecified atom stereocenters. The number of hydrogen-bond acceptors (Lipinski definition) is 3. The normalized spacial score (nSPS) is 14.5. The van der Waals surface area contributed by atoms with Gasteiger partial charge >= 0.3 is 0 Å². The van der Waals surface area contributed by atoms with E-state index in [-0.39, 0.29) is 0 Å². The molecule has 0 amide bonds.